The molecule has 75 heavy (non-hydrogen) atoms. The molecule has 8 aliphatic carbocycles. The first-order valence-corrected chi connectivity index (χ1v) is 32.1. The highest BCUT2D eigenvalue weighted by Gasteiger charge is 2.98. The molecule has 2 fully saturated rings. The lowest BCUT2D eigenvalue weighted by Crippen LogP contribution is -2.79. The summed E-state index contributed by atoms with van der Waals surface area (Å²) in [6.07, 6.45) is 0.765. The Morgan fingerprint density at radius 3 is 1.07 bits per heavy atom. The van der Waals surface area contributed by atoms with Crippen LogP contribution in [0.5, 0.6) is 0 Å². The Kier molecular flexibility index (Phi) is 2.48. The normalized spacial score (nSPS) is 29.5. The second-order valence-electron chi connectivity index (χ2n) is 29.4. The van der Waals surface area contributed by atoms with E-state index in [1.54, 1.807) is 313 Å². The van der Waals surface area contributed by atoms with Gasteiger partial charge in [-0.15, -0.1) is 0 Å². The van der Waals surface area contributed by atoms with Gasteiger partial charge in [-0.2, -0.15) is 0 Å². The maximum Gasteiger partial charge on any atom is 0.327 e. The van der Waals surface area contributed by atoms with Crippen LogP contribution in [0.25, 0.3) is 269 Å². The van der Waals surface area contributed by atoms with Gasteiger partial charge >= 0.3 is 5.97 Å². The van der Waals surface area contributed by atoms with Gasteiger partial charge in [0.25, 0.3) is 0 Å². The van der Waals surface area contributed by atoms with Gasteiger partial charge in [-0.05, 0) is 316 Å². The molecule has 3 nitrogen and oxygen atoms in total. The van der Waals surface area contributed by atoms with Crippen LogP contribution in [0.3, 0.4) is 0 Å². The molecule has 26 aromatic carbocycles. The van der Waals surface area contributed by atoms with E-state index in [1.807, 2.05) is 0 Å². The summed E-state index contributed by atoms with van der Waals surface area (Å²) >= 11 is 0. The lowest BCUT2D eigenvalue weighted by atomic mass is 9.29. The van der Waals surface area contributed by atoms with Gasteiger partial charge in [-0.25, -0.2) is 0 Å². The van der Waals surface area contributed by atoms with Crippen LogP contribution in [-0.4, -0.2) is 32.7 Å². The molecule has 1 saturated carbocycles. The molecule has 1 aliphatic heterocycles. The van der Waals surface area contributed by atoms with E-state index in [1.165, 1.54) is 0 Å². The zero-order chi connectivity index (χ0) is 45.6. The second-order valence-corrected chi connectivity index (χ2v) is 34.4. The Morgan fingerprint density at radius 1 is 0.387 bits per heavy atom. The number of rotatable bonds is 3. The first-order valence-electron chi connectivity index (χ1n) is 28.6. The van der Waals surface area contributed by atoms with Crippen molar-refractivity contribution in [3.8, 4) is 0 Å². The largest absolute Gasteiger partial charge is 0.465 e. The zero-order valence-electron chi connectivity index (χ0n) is 39.9. The summed E-state index contributed by atoms with van der Waals surface area (Å²) in [7, 11) is -2.23. The number of benzene rings is 17. The summed E-state index contributed by atoms with van der Waals surface area (Å²) < 4.78 is 6.88. The van der Waals surface area contributed by atoms with E-state index >= 15 is 4.79 Å². The molecule has 4 spiro atoms. The fourth-order valence-electron chi connectivity index (χ4n) is 29.5. The molecule has 9 aliphatic rings. The van der Waals surface area contributed by atoms with Crippen molar-refractivity contribution < 1.29 is 9.53 Å². The highest BCUT2D eigenvalue weighted by atomic mass is 28.3. The van der Waals surface area contributed by atoms with E-state index in [0.29, 0.717) is 6.61 Å². The molecule has 324 valence electrons. The molecule has 5 atom stereocenters. The highest BCUT2D eigenvalue weighted by molar-refractivity contribution is 6.86. The van der Waals surface area contributed by atoms with Gasteiger partial charge in [-0.3, -0.25) is 10.1 Å². The van der Waals surface area contributed by atoms with E-state index < -0.39 is 29.9 Å². The lowest BCUT2D eigenvalue weighted by molar-refractivity contribution is -0.153. The van der Waals surface area contributed by atoms with Crippen LogP contribution in [0.1, 0.15) is 46.7 Å². The summed E-state index contributed by atoms with van der Waals surface area (Å²) in [6, 6.07) is 0. The van der Waals surface area contributed by atoms with Crippen molar-refractivity contribution in [3.63, 3.8) is 0 Å². The van der Waals surface area contributed by atoms with Crippen molar-refractivity contribution >= 4 is 283 Å². The third kappa shape index (κ3) is 1.46. The van der Waals surface area contributed by atoms with E-state index in [9.17, 15) is 0 Å². The summed E-state index contributed by atoms with van der Waals surface area (Å²) in [6.45, 7) is 11.4. The maximum absolute atomic E-state index is 16.8. The molecule has 0 radical (unpaired) electrons. The summed E-state index contributed by atoms with van der Waals surface area (Å²) in [5.74, 6) is 0.0348. The number of nitrogens with one attached hydrogen (secondary N) is 1. The number of carbonyl (C=O) groups excluding carboxylic acids is 1. The number of hydrogen-bond donors (Lipinski definition) is 1. The van der Waals surface area contributed by atoms with Gasteiger partial charge in [0.2, 0.25) is 0 Å². The Morgan fingerprint density at radius 2 is 0.693 bits per heavy atom. The Hall–Kier alpha value is -7.89. The molecule has 0 bridgehead atoms. The lowest BCUT2D eigenvalue weighted by Gasteiger charge is -2.73. The van der Waals surface area contributed by atoms with E-state index in [0.717, 1.165) is 13.0 Å². The summed E-state index contributed by atoms with van der Waals surface area (Å²) in [5.41, 5.74) is 9.06. The molecular weight excluding hydrogens is 927 g/mol. The molecular formula is C71H19NO2Si. The van der Waals surface area contributed by atoms with Gasteiger partial charge in [0.15, 0.2) is 0 Å². The van der Waals surface area contributed by atoms with Crippen LogP contribution < -0.4 is 5.32 Å². The van der Waals surface area contributed by atoms with Crippen LogP contribution in [0.2, 0.25) is 19.6 Å². The molecule has 26 aromatic rings. The van der Waals surface area contributed by atoms with Crippen LogP contribution >= 0.6 is 0 Å². The predicted molar refractivity (Wildman–Crippen MR) is 311 cm³/mol. The Labute approximate surface area is 413 Å². The molecule has 1 N–H and O–H groups in total. The van der Waals surface area contributed by atoms with Crippen molar-refractivity contribution in [2.45, 2.75) is 60.2 Å². The van der Waals surface area contributed by atoms with E-state index in [4.69, 9.17) is 4.74 Å². The second kappa shape index (κ2) is 6.35. The number of allylic oxidation sites excluding steroid dienone is 1. The van der Waals surface area contributed by atoms with E-state index in [2.05, 4.69) is 31.9 Å². The molecule has 0 aromatic heterocycles. The highest BCUT2D eigenvalue weighted by Crippen LogP contribution is 2.98. The van der Waals surface area contributed by atoms with Crippen molar-refractivity contribution in [3.05, 3.63) is 44.2 Å². The van der Waals surface area contributed by atoms with Crippen molar-refractivity contribution in [1.29, 1.82) is 0 Å². The van der Waals surface area contributed by atoms with Gasteiger partial charge in [-0.1, -0.05) is 30.4 Å². The SMILES string of the molecule is CCOC(=O)C12CC3=C([Si](C)(C)C)[C@]45c6c7c8c9c%10c%11c%12c%13c%14c(c%15c%16c4c4c6c6c8c8c%17c9c9c%11c%11c%12c%12c%14c%14c%15c%15c%16c%16c4c4c6c8c6c8c%17c9c9c%11c%11c%12c%14c%12c%15c%14c%16c4c6c4c%14c%12c%11c9c84)C35C%131[C@]7%10CN2. The van der Waals surface area contributed by atoms with E-state index in [-0.39, 0.29) is 11.4 Å². The third-order valence-electron chi connectivity index (χ3n) is 28.6. The van der Waals surface area contributed by atoms with Crippen LogP contribution in [0.15, 0.2) is 10.8 Å². The summed E-state index contributed by atoms with van der Waals surface area (Å²) in [5, 5.41) is 88.0. The fraction of sp³-hybridized carbons (Fsp3) is 0.169. The predicted octanol–water partition coefficient (Wildman–Crippen LogP) is 16.7. The zero-order valence-corrected chi connectivity index (χ0v) is 40.9. The smallest absolute Gasteiger partial charge is 0.327 e. The van der Waals surface area contributed by atoms with Gasteiger partial charge < -0.3 is 4.74 Å². The number of carbonyl (C=O) groups is 1. The molecule has 1 heterocycles. The first-order chi connectivity index (χ1) is 36.9. The Bertz CT molecular complexity index is 7710. The molecule has 1 saturated heterocycles. The van der Waals surface area contributed by atoms with Crippen molar-refractivity contribution in [1.82, 2.24) is 5.32 Å². The van der Waals surface area contributed by atoms with Crippen LogP contribution in [0.4, 0.5) is 0 Å². The fourth-order valence-corrected chi connectivity index (χ4v) is 32.2. The first kappa shape index (κ1) is 29.3. The molecule has 4 heteroatoms. The maximum atomic E-state index is 16.8. The molecule has 0 amide bonds. The van der Waals surface area contributed by atoms with Gasteiger partial charge in [0, 0.05) is 17.4 Å². The standard InChI is InChI=1S/C71H19NO2Si/c1-5-74-66(73)68-6-8-65(75(2,3)4)69-60-52-44-37-27-19-12-10-9-11-13-14(12)21-25(19)38(44)45-39-28(21)29-20(13)24-18(11)26-22-15(9)17-16(10)23(27)32-34-30(17)33-31(22)41-35(26)42-36(24)46-40(29)49(39)58-61(54(45)52)70(8,69)71(68)62(58)55(46)50(42)59-51(41)56-47(33)48(34)57(53(60)43(32)37)64(69)63(56)67(59,71)7-72-68/h72H,5-7H2,1-4H3/t67-,68?,69+,70?,71?/m0/s1. The molecule has 3 unspecified atom stereocenters. The van der Waals surface area contributed by atoms with Gasteiger partial charge in [0.05, 0.1) is 25.5 Å². The van der Waals surface area contributed by atoms with Crippen LogP contribution in [-0.2, 0) is 31.2 Å². The topological polar surface area (TPSA) is 38.3 Å². The van der Waals surface area contributed by atoms with Gasteiger partial charge in [0.1, 0.15) is 5.54 Å². The number of hydrogen-bond acceptors (Lipinski definition) is 3. The van der Waals surface area contributed by atoms with Crippen molar-refractivity contribution in [2.75, 3.05) is 13.2 Å². The minimum Gasteiger partial charge on any atom is -0.465 e. The monoisotopic (exact) mass is 945 g/mol. The minimum absolute atomic E-state index is 0.0348. The Balaban J connectivity index is 1.15. The average Bonchev–Trinajstić information content (AvgIpc) is 1.46. The number of ether oxygens (including phenoxy) is 1. The third-order valence-corrected chi connectivity index (χ3v) is 30.8. The van der Waals surface area contributed by atoms with Crippen LogP contribution in [0, 0.1) is 0 Å². The quantitative estimate of drug-likeness (QED) is 0.109. The van der Waals surface area contributed by atoms with Crippen molar-refractivity contribution in [2.24, 2.45) is 0 Å². The summed E-state index contributed by atoms with van der Waals surface area (Å²) in [4.78, 5) is 16.8. The number of esters is 1. The average molecular weight is 946 g/mol. The molecule has 35 rings (SSSR count). The minimum atomic E-state index is -2.23.